The number of hydrogen-bond donors (Lipinski definition) is 0. The van der Waals surface area contributed by atoms with E-state index in [1.165, 1.54) is 72.3 Å². The Labute approximate surface area is 297 Å². The van der Waals surface area contributed by atoms with E-state index in [9.17, 15) is 10.5 Å². The van der Waals surface area contributed by atoms with Gasteiger partial charge in [0.25, 0.3) is 0 Å². The Hall–Kier alpha value is -6.62. The SMILES string of the molecule is N#Cc1ccc2c(c1)CCN2c1ccc2c(c1)C(c1ccccc1)(c1ccccc1)c1cc(N3CCc4cc(C#N)ccc43)c3ccccc3c1-2. The van der Waals surface area contributed by atoms with Gasteiger partial charge in [-0.2, -0.15) is 10.5 Å². The van der Waals surface area contributed by atoms with Crippen LogP contribution in [0.4, 0.5) is 22.7 Å². The number of nitriles is 2. The van der Waals surface area contributed by atoms with Crippen molar-refractivity contribution in [2.45, 2.75) is 18.3 Å². The Kier molecular flexibility index (Phi) is 6.44. The molecule has 0 bridgehead atoms. The number of hydrogen-bond acceptors (Lipinski definition) is 4. The molecule has 7 aromatic rings. The molecule has 7 aromatic carbocycles. The van der Waals surface area contributed by atoms with Gasteiger partial charge in [-0.1, -0.05) is 91.0 Å². The van der Waals surface area contributed by atoms with Crippen molar-refractivity contribution in [1.29, 1.82) is 10.5 Å². The van der Waals surface area contributed by atoms with Crippen molar-refractivity contribution in [2.24, 2.45) is 0 Å². The van der Waals surface area contributed by atoms with E-state index < -0.39 is 5.41 Å². The molecule has 2 heterocycles. The van der Waals surface area contributed by atoms with Gasteiger partial charge in [-0.3, -0.25) is 0 Å². The first-order chi connectivity index (χ1) is 25.2. The molecule has 0 spiro atoms. The van der Waals surface area contributed by atoms with E-state index in [2.05, 4.69) is 149 Å². The first-order valence-electron chi connectivity index (χ1n) is 17.6. The third kappa shape index (κ3) is 4.18. The van der Waals surface area contributed by atoms with Gasteiger partial charge in [0.15, 0.2) is 0 Å². The minimum absolute atomic E-state index is 0.581. The molecule has 4 nitrogen and oxygen atoms in total. The lowest BCUT2D eigenvalue weighted by molar-refractivity contribution is 0.768. The van der Waals surface area contributed by atoms with E-state index in [0.717, 1.165) is 31.6 Å². The third-order valence-corrected chi connectivity index (χ3v) is 11.3. The molecule has 0 N–H and O–H groups in total. The largest absolute Gasteiger partial charge is 0.341 e. The minimum Gasteiger partial charge on any atom is -0.341 e. The summed E-state index contributed by atoms with van der Waals surface area (Å²) in [5, 5.41) is 21.7. The average molecular weight is 653 g/mol. The lowest BCUT2D eigenvalue weighted by atomic mass is 9.67. The monoisotopic (exact) mass is 652 g/mol. The van der Waals surface area contributed by atoms with Crippen molar-refractivity contribution in [3.05, 3.63) is 190 Å². The summed E-state index contributed by atoms with van der Waals surface area (Å²) in [6.45, 7) is 1.73. The quantitative estimate of drug-likeness (QED) is 0.190. The Morgan fingerprint density at radius 1 is 0.490 bits per heavy atom. The van der Waals surface area contributed by atoms with Crippen LogP contribution in [0.2, 0.25) is 0 Å². The Morgan fingerprint density at radius 3 is 1.69 bits per heavy atom. The van der Waals surface area contributed by atoms with Crippen LogP contribution < -0.4 is 9.80 Å². The second-order valence-corrected chi connectivity index (χ2v) is 13.8. The summed E-state index contributed by atoms with van der Waals surface area (Å²) in [6, 6.07) is 57.3. The normalized spacial score (nSPS) is 14.8. The maximum Gasteiger partial charge on any atom is 0.0991 e. The van der Waals surface area contributed by atoms with E-state index >= 15 is 0 Å². The first kappa shape index (κ1) is 29.3. The third-order valence-electron chi connectivity index (χ3n) is 11.3. The van der Waals surface area contributed by atoms with E-state index in [-0.39, 0.29) is 0 Å². The van der Waals surface area contributed by atoms with Crippen molar-refractivity contribution >= 4 is 33.5 Å². The molecule has 0 saturated heterocycles. The molecule has 0 aromatic heterocycles. The Bertz CT molecular complexity index is 2590. The van der Waals surface area contributed by atoms with Gasteiger partial charge in [0.05, 0.1) is 28.7 Å². The molecule has 240 valence electrons. The van der Waals surface area contributed by atoms with Crippen molar-refractivity contribution in [2.75, 3.05) is 22.9 Å². The number of rotatable bonds is 4. The second-order valence-electron chi connectivity index (χ2n) is 13.8. The van der Waals surface area contributed by atoms with Crippen LogP contribution in [0, 0.1) is 22.7 Å². The molecule has 3 aliphatic rings. The van der Waals surface area contributed by atoms with E-state index in [4.69, 9.17) is 0 Å². The predicted octanol–water partition coefficient (Wildman–Crippen LogP) is 10.3. The molecule has 2 aliphatic heterocycles. The maximum atomic E-state index is 9.64. The summed E-state index contributed by atoms with van der Waals surface area (Å²) in [7, 11) is 0. The highest BCUT2D eigenvalue weighted by Crippen LogP contribution is 2.60. The minimum atomic E-state index is -0.581. The molecular formula is C47H32N4. The lowest BCUT2D eigenvalue weighted by Gasteiger charge is -2.35. The van der Waals surface area contributed by atoms with E-state index in [0.29, 0.717) is 11.1 Å². The topological polar surface area (TPSA) is 54.1 Å². The molecule has 0 fully saturated rings. The van der Waals surface area contributed by atoms with Gasteiger partial charge in [-0.05, 0) is 117 Å². The summed E-state index contributed by atoms with van der Waals surface area (Å²) in [6.07, 6.45) is 1.81. The standard InChI is InChI=1S/C47H32N4/c48-29-31-15-19-43-33(25-31)21-23-50(43)37-17-18-40-41(27-37)47(35-9-3-1-4-10-35,36-11-5-2-6-12-36)42-28-45(38-13-7-8-14-39(38)46(40)42)51-24-22-34-26-32(30-49)16-20-44(34)51/h1-20,25-28H,21-24H2. The molecule has 4 heteroatoms. The second kappa shape index (κ2) is 11.2. The summed E-state index contributed by atoms with van der Waals surface area (Å²) < 4.78 is 0. The van der Waals surface area contributed by atoms with Crippen molar-refractivity contribution in [1.82, 2.24) is 0 Å². The van der Waals surface area contributed by atoms with Crippen LogP contribution >= 0.6 is 0 Å². The van der Waals surface area contributed by atoms with Crippen LogP contribution in [0.1, 0.15) is 44.5 Å². The lowest BCUT2D eigenvalue weighted by Crippen LogP contribution is -2.29. The van der Waals surface area contributed by atoms with Crippen LogP contribution in [-0.2, 0) is 18.3 Å². The number of nitrogens with zero attached hydrogens (tertiary/aromatic N) is 4. The molecule has 0 atom stereocenters. The smallest absolute Gasteiger partial charge is 0.0991 e. The van der Waals surface area contributed by atoms with Gasteiger partial charge in [-0.25, -0.2) is 0 Å². The number of anilines is 4. The van der Waals surface area contributed by atoms with Gasteiger partial charge in [-0.15, -0.1) is 0 Å². The van der Waals surface area contributed by atoms with Crippen molar-refractivity contribution in [3.8, 4) is 23.3 Å². The first-order valence-corrected chi connectivity index (χ1v) is 17.6. The van der Waals surface area contributed by atoms with Crippen LogP contribution in [-0.4, -0.2) is 13.1 Å². The molecule has 0 saturated carbocycles. The zero-order valence-corrected chi connectivity index (χ0v) is 28.0. The molecule has 0 unspecified atom stereocenters. The summed E-state index contributed by atoms with van der Waals surface area (Å²) in [4.78, 5) is 4.88. The van der Waals surface area contributed by atoms with Crippen LogP contribution in [0.25, 0.3) is 21.9 Å². The zero-order valence-electron chi connectivity index (χ0n) is 28.0. The highest BCUT2D eigenvalue weighted by Gasteiger charge is 2.48. The fourth-order valence-electron chi connectivity index (χ4n) is 9.16. The average Bonchev–Trinajstić information content (AvgIpc) is 3.90. The van der Waals surface area contributed by atoms with Crippen LogP contribution in [0.3, 0.4) is 0 Å². The van der Waals surface area contributed by atoms with Crippen LogP contribution in [0.5, 0.6) is 0 Å². The van der Waals surface area contributed by atoms with E-state index in [1.54, 1.807) is 0 Å². The van der Waals surface area contributed by atoms with Gasteiger partial charge in [0.1, 0.15) is 0 Å². The van der Waals surface area contributed by atoms with Gasteiger partial charge in [0, 0.05) is 41.2 Å². The molecular weight excluding hydrogens is 621 g/mol. The molecule has 0 amide bonds. The maximum absolute atomic E-state index is 9.64. The molecule has 1 aliphatic carbocycles. The Balaban J connectivity index is 1.28. The Morgan fingerprint density at radius 2 is 1.06 bits per heavy atom. The molecule has 0 radical (unpaired) electrons. The van der Waals surface area contributed by atoms with Gasteiger partial charge < -0.3 is 9.80 Å². The zero-order chi connectivity index (χ0) is 34.1. The number of benzene rings is 7. The van der Waals surface area contributed by atoms with E-state index in [1.807, 2.05) is 18.2 Å². The van der Waals surface area contributed by atoms with Crippen LogP contribution in [0.15, 0.2) is 146 Å². The fourth-order valence-corrected chi connectivity index (χ4v) is 9.16. The highest BCUT2D eigenvalue weighted by molar-refractivity contribution is 6.10. The summed E-state index contributed by atoms with van der Waals surface area (Å²) in [5.74, 6) is 0. The predicted molar refractivity (Wildman–Crippen MR) is 205 cm³/mol. The van der Waals surface area contributed by atoms with Crippen molar-refractivity contribution in [3.63, 3.8) is 0 Å². The van der Waals surface area contributed by atoms with Gasteiger partial charge >= 0.3 is 0 Å². The highest BCUT2D eigenvalue weighted by atomic mass is 15.2. The summed E-state index contributed by atoms with van der Waals surface area (Å²) >= 11 is 0. The van der Waals surface area contributed by atoms with Gasteiger partial charge in [0.2, 0.25) is 0 Å². The fraction of sp³-hybridized carbons (Fsp3) is 0.106. The summed E-state index contributed by atoms with van der Waals surface area (Å²) in [5.41, 5.74) is 15.5. The molecule has 51 heavy (non-hydrogen) atoms. The van der Waals surface area contributed by atoms with Crippen molar-refractivity contribution < 1.29 is 0 Å². The molecule has 10 rings (SSSR count). The number of fused-ring (bicyclic) bond motifs is 7.